The van der Waals surface area contributed by atoms with E-state index in [4.69, 9.17) is 14.2 Å². The van der Waals surface area contributed by atoms with Gasteiger partial charge in [-0.25, -0.2) is 9.59 Å². The number of allylic oxidation sites excluding steroid dienone is 2. The number of carbonyl (C=O) groups excluding carboxylic acids is 2. The van der Waals surface area contributed by atoms with E-state index in [1.165, 1.54) is 0 Å². The van der Waals surface area contributed by atoms with Crippen molar-refractivity contribution in [3.63, 3.8) is 0 Å². The third kappa shape index (κ3) is 2.62. The third-order valence-electron chi connectivity index (χ3n) is 3.54. The van der Waals surface area contributed by atoms with Gasteiger partial charge in [-0.3, -0.25) is 0 Å². The molecule has 2 rings (SSSR count). The fraction of sp³-hybridized carbons (Fsp3) is 0.294. The summed E-state index contributed by atoms with van der Waals surface area (Å²) < 4.78 is 15.2. The van der Waals surface area contributed by atoms with Crippen LogP contribution in [0.3, 0.4) is 0 Å². The van der Waals surface area contributed by atoms with E-state index in [-0.39, 0.29) is 0 Å². The van der Waals surface area contributed by atoms with Crippen molar-refractivity contribution < 1.29 is 23.8 Å². The predicted molar refractivity (Wildman–Crippen MR) is 81.6 cm³/mol. The molecule has 116 valence electrons. The molecule has 0 aliphatic carbocycles. The second-order valence-electron chi connectivity index (χ2n) is 5.12. The van der Waals surface area contributed by atoms with Crippen LogP contribution in [0.15, 0.2) is 34.9 Å². The maximum Gasteiger partial charge on any atom is 0.347 e. The van der Waals surface area contributed by atoms with E-state index in [1.54, 1.807) is 47.1 Å². The summed E-state index contributed by atoms with van der Waals surface area (Å²) in [6, 6.07) is 5.32. The first-order valence-electron chi connectivity index (χ1n) is 6.78. The number of methoxy groups -OCH3 is 2. The van der Waals surface area contributed by atoms with Gasteiger partial charge in [-0.05, 0) is 44.0 Å². The summed E-state index contributed by atoms with van der Waals surface area (Å²) >= 11 is 0. The average molecular weight is 302 g/mol. The molecule has 1 saturated heterocycles. The quantitative estimate of drug-likeness (QED) is 0.488. The van der Waals surface area contributed by atoms with Crippen LogP contribution in [-0.2, 0) is 14.3 Å². The highest BCUT2D eigenvalue weighted by atomic mass is 16.6. The van der Waals surface area contributed by atoms with E-state index in [0.717, 1.165) is 11.1 Å². The van der Waals surface area contributed by atoms with Crippen LogP contribution in [0.2, 0.25) is 0 Å². The average Bonchev–Trinajstić information content (AvgIpc) is 2.80. The molecular formula is C17H18O5. The van der Waals surface area contributed by atoms with Gasteiger partial charge in [-0.2, -0.15) is 0 Å². The first-order chi connectivity index (χ1) is 10.4. The molecule has 5 heteroatoms. The van der Waals surface area contributed by atoms with Gasteiger partial charge in [-0.1, -0.05) is 11.6 Å². The molecule has 0 spiro atoms. The van der Waals surface area contributed by atoms with Crippen LogP contribution in [0.5, 0.6) is 11.5 Å². The van der Waals surface area contributed by atoms with Crippen molar-refractivity contribution in [3.8, 4) is 11.5 Å². The van der Waals surface area contributed by atoms with Crippen LogP contribution in [0.1, 0.15) is 26.3 Å². The third-order valence-corrected chi connectivity index (χ3v) is 3.54. The van der Waals surface area contributed by atoms with Crippen molar-refractivity contribution >= 4 is 17.5 Å². The van der Waals surface area contributed by atoms with Crippen molar-refractivity contribution in [2.75, 3.05) is 14.2 Å². The molecule has 0 amide bonds. The maximum absolute atomic E-state index is 12.0. The highest BCUT2D eigenvalue weighted by Gasteiger charge is 2.36. The van der Waals surface area contributed by atoms with Gasteiger partial charge in [0.2, 0.25) is 0 Å². The number of esters is 2. The molecule has 0 atom stereocenters. The van der Waals surface area contributed by atoms with Gasteiger partial charge >= 0.3 is 11.9 Å². The SMILES string of the molecule is COc1ccc(C(C)=C2C(=O)OC(=O)C2=C(C)C)cc1OC. The van der Waals surface area contributed by atoms with E-state index in [0.29, 0.717) is 28.2 Å². The van der Waals surface area contributed by atoms with Gasteiger partial charge in [0.15, 0.2) is 11.5 Å². The standard InChI is InChI=1S/C17H18O5/c1-9(2)14-15(17(19)22-16(14)18)10(3)11-6-7-12(20-4)13(8-11)21-5/h6-8H,1-5H3. The van der Waals surface area contributed by atoms with Gasteiger partial charge in [0.05, 0.1) is 25.4 Å². The monoisotopic (exact) mass is 302 g/mol. The Labute approximate surface area is 129 Å². The Balaban J connectivity index is 2.63. The van der Waals surface area contributed by atoms with E-state index >= 15 is 0 Å². The van der Waals surface area contributed by atoms with Crippen molar-refractivity contribution in [1.82, 2.24) is 0 Å². The molecule has 22 heavy (non-hydrogen) atoms. The topological polar surface area (TPSA) is 61.8 Å². The van der Waals surface area contributed by atoms with Crippen LogP contribution >= 0.6 is 0 Å². The van der Waals surface area contributed by atoms with Gasteiger partial charge in [0.1, 0.15) is 0 Å². The minimum Gasteiger partial charge on any atom is -0.493 e. The number of ether oxygens (including phenoxy) is 3. The summed E-state index contributed by atoms with van der Waals surface area (Å²) in [6.45, 7) is 5.33. The highest BCUT2D eigenvalue weighted by molar-refractivity contribution is 6.22. The number of hydrogen-bond acceptors (Lipinski definition) is 5. The van der Waals surface area contributed by atoms with Crippen molar-refractivity contribution in [1.29, 1.82) is 0 Å². The lowest BCUT2D eigenvalue weighted by Gasteiger charge is -2.11. The minimum atomic E-state index is -0.617. The van der Waals surface area contributed by atoms with E-state index in [2.05, 4.69) is 0 Å². The second-order valence-corrected chi connectivity index (χ2v) is 5.12. The van der Waals surface area contributed by atoms with E-state index in [1.807, 2.05) is 6.07 Å². The smallest absolute Gasteiger partial charge is 0.347 e. The zero-order valence-corrected chi connectivity index (χ0v) is 13.3. The largest absolute Gasteiger partial charge is 0.493 e. The minimum absolute atomic E-state index is 0.303. The molecule has 1 aliphatic rings. The molecule has 0 radical (unpaired) electrons. The van der Waals surface area contributed by atoms with Crippen molar-refractivity contribution in [2.24, 2.45) is 0 Å². The summed E-state index contributed by atoms with van der Waals surface area (Å²) in [4.78, 5) is 23.8. The number of benzene rings is 1. The van der Waals surface area contributed by atoms with Crippen LogP contribution in [0.25, 0.3) is 5.57 Å². The van der Waals surface area contributed by atoms with Crippen LogP contribution in [-0.4, -0.2) is 26.2 Å². The number of rotatable bonds is 3. The Hall–Kier alpha value is -2.56. The van der Waals surface area contributed by atoms with E-state index < -0.39 is 11.9 Å². The fourth-order valence-corrected chi connectivity index (χ4v) is 2.40. The second kappa shape index (κ2) is 6.05. The number of carbonyl (C=O) groups is 2. The Morgan fingerprint density at radius 2 is 1.50 bits per heavy atom. The number of cyclic esters (lactones) is 2. The molecule has 1 heterocycles. The molecule has 0 unspecified atom stereocenters. The maximum atomic E-state index is 12.0. The molecule has 0 N–H and O–H groups in total. The lowest BCUT2D eigenvalue weighted by molar-refractivity contribution is -0.149. The first-order valence-corrected chi connectivity index (χ1v) is 6.78. The zero-order chi connectivity index (χ0) is 16.4. The molecule has 1 aromatic rings. The zero-order valence-electron chi connectivity index (χ0n) is 13.3. The summed E-state index contributed by atoms with van der Waals surface area (Å²) in [5, 5.41) is 0. The van der Waals surface area contributed by atoms with Crippen molar-refractivity contribution in [3.05, 3.63) is 40.5 Å². The normalized spacial score (nSPS) is 16.5. The lowest BCUT2D eigenvalue weighted by Crippen LogP contribution is -2.00. The Morgan fingerprint density at radius 3 is 2.05 bits per heavy atom. The molecule has 0 aromatic heterocycles. The van der Waals surface area contributed by atoms with Gasteiger partial charge in [0.25, 0.3) is 0 Å². The molecule has 0 bridgehead atoms. The summed E-state index contributed by atoms with van der Waals surface area (Å²) in [6.07, 6.45) is 0. The van der Waals surface area contributed by atoms with Gasteiger partial charge in [0, 0.05) is 0 Å². The van der Waals surface area contributed by atoms with Crippen LogP contribution in [0, 0.1) is 0 Å². The van der Waals surface area contributed by atoms with Crippen LogP contribution < -0.4 is 9.47 Å². The molecule has 5 nitrogen and oxygen atoms in total. The molecule has 1 aliphatic heterocycles. The van der Waals surface area contributed by atoms with Crippen LogP contribution in [0.4, 0.5) is 0 Å². The first kappa shape index (κ1) is 15.8. The van der Waals surface area contributed by atoms with Gasteiger partial charge < -0.3 is 14.2 Å². The fourth-order valence-electron chi connectivity index (χ4n) is 2.40. The Kier molecular flexibility index (Phi) is 4.35. The lowest BCUT2D eigenvalue weighted by atomic mass is 9.94. The number of hydrogen-bond donors (Lipinski definition) is 0. The molecule has 1 aromatic carbocycles. The summed E-state index contributed by atoms with van der Waals surface area (Å²) in [5.41, 5.74) is 2.80. The Morgan fingerprint density at radius 1 is 0.909 bits per heavy atom. The van der Waals surface area contributed by atoms with E-state index in [9.17, 15) is 9.59 Å². The summed E-state index contributed by atoms with van der Waals surface area (Å²) in [5.74, 6) is -0.0683. The molecular weight excluding hydrogens is 284 g/mol. The van der Waals surface area contributed by atoms with Gasteiger partial charge in [-0.15, -0.1) is 0 Å². The summed E-state index contributed by atoms with van der Waals surface area (Å²) in [7, 11) is 3.09. The highest BCUT2D eigenvalue weighted by Crippen LogP contribution is 2.35. The molecule has 1 fully saturated rings. The predicted octanol–water partition coefficient (Wildman–Crippen LogP) is 2.90. The Bertz CT molecular complexity index is 706. The van der Waals surface area contributed by atoms with Crippen molar-refractivity contribution in [2.45, 2.75) is 20.8 Å². The molecule has 0 saturated carbocycles.